The SMILES string of the molecule is CNC(=O)N1N=C(c2ccc(NC(=O)C3CCN(C(=O)OC(C)(C)C)CC3)cc2)c2cc(OC)c(OC)cc2CC1C. The lowest BCUT2D eigenvalue weighted by molar-refractivity contribution is -0.121. The van der Waals surface area contributed by atoms with E-state index in [1.54, 1.807) is 26.2 Å². The van der Waals surface area contributed by atoms with Gasteiger partial charge in [-0.1, -0.05) is 12.1 Å². The van der Waals surface area contributed by atoms with Crippen molar-refractivity contribution in [2.75, 3.05) is 39.7 Å². The number of carbonyl (C=O) groups is 3. The molecule has 4 rings (SSSR count). The fourth-order valence-corrected chi connectivity index (χ4v) is 5.16. The summed E-state index contributed by atoms with van der Waals surface area (Å²) in [6, 6.07) is 10.7. The number of hydrogen-bond donors (Lipinski definition) is 2. The number of methoxy groups -OCH3 is 2. The van der Waals surface area contributed by atoms with Crippen LogP contribution in [0.5, 0.6) is 11.5 Å². The van der Waals surface area contributed by atoms with E-state index in [0.29, 0.717) is 55.3 Å². The van der Waals surface area contributed by atoms with E-state index in [-0.39, 0.29) is 30.0 Å². The molecule has 1 saturated heterocycles. The number of fused-ring (bicyclic) bond motifs is 1. The number of likely N-dealkylation sites (tertiary alicyclic amines) is 1. The van der Waals surface area contributed by atoms with Crippen molar-refractivity contribution < 1.29 is 28.6 Å². The summed E-state index contributed by atoms with van der Waals surface area (Å²) in [6.45, 7) is 8.40. The predicted octanol–water partition coefficient (Wildman–Crippen LogP) is 4.63. The highest BCUT2D eigenvalue weighted by Crippen LogP contribution is 2.35. The minimum Gasteiger partial charge on any atom is -0.493 e. The molecule has 42 heavy (non-hydrogen) atoms. The molecule has 2 aliphatic rings. The number of carbonyl (C=O) groups excluding carboxylic acids is 3. The van der Waals surface area contributed by atoms with Crippen LogP contribution in [0.2, 0.25) is 0 Å². The van der Waals surface area contributed by atoms with E-state index in [1.807, 2.05) is 64.1 Å². The summed E-state index contributed by atoms with van der Waals surface area (Å²) in [4.78, 5) is 39.8. The van der Waals surface area contributed by atoms with Gasteiger partial charge in [-0.3, -0.25) is 4.79 Å². The molecule has 2 heterocycles. The fraction of sp³-hybridized carbons (Fsp3) is 0.484. The number of nitrogens with one attached hydrogen (secondary N) is 2. The van der Waals surface area contributed by atoms with Crippen LogP contribution < -0.4 is 20.1 Å². The van der Waals surface area contributed by atoms with Crippen molar-refractivity contribution in [3.8, 4) is 11.5 Å². The van der Waals surface area contributed by atoms with Crippen LogP contribution in [0.4, 0.5) is 15.3 Å². The number of anilines is 1. The van der Waals surface area contributed by atoms with Gasteiger partial charge in [-0.05, 0) is 76.8 Å². The van der Waals surface area contributed by atoms with Gasteiger partial charge in [-0.25, -0.2) is 14.6 Å². The molecule has 226 valence electrons. The number of amides is 4. The number of hydrazone groups is 1. The molecule has 1 fully saturated rings. The number of piperidine rings is 1. The quantitative estimate of drug-likeness (QED) is 0.533. The summed E-state index contributed by atoms with van der Waals surface area (Å²) in [5.74, 6) is 0.879. The maximum absolute atomic E-state index is 13.0. The number of nitrogens with zero attached hydrogens (tertiary/aromatic N) is 3. The Hall–Kier alpha value is -4.28. The number of rotatable bonds is 5. The molecule has 0 aromatic heterocycles. The van der Waals surface area contributed by atoms with Crippen molar-refractivity contribution in [1.82, 2.24) is 15.2 Å². The molecule has 2 aromatic rings. The van der Waals surface area contributed by atoms with Crippen molar-refractivity contribution in [3.63, 3.8) is 0 Å². The topological polar surface area (TPSA) is 122 Å². The van der Waals surface area contributed by atoms with E-state index in [4.69, 9.17) is 19.3 Å². The fourth-order valence-electron chi connectivity index (χ4n) is 5.16. The number of ether oxygens (including phenoxy) is 3. The Morgan fingerprint density at radius 3 is 2.17 bits per heavy atom. The first kappa shape index (κ1) is 30.7. The van der Waals surface area contributed by atoms with Crippen LogP contribution in [0, 0.1) is 5.92 Å². The summed E-state index contributed by atoms with van der Waals surface area (Å²) in [5.41, 5.74) is 3.28. The molecule has 11 nitrogen and oxygen atoms in total. The Bertz CT molecular complexity index is 1340. The molecular formula is C31H41N5O6. The first-order chi connectivity index (χ1) is 19.9. The minimum atomic E-state index is -0.556. The van der Waals surface area contributed by atoms with Crippen molar-refractivity contribution in [3.05, 3.63) is 53.1 Å². The van der Waals surface area contributed by atoms with Gasteiger partial charge < -0.3 is 29.7 Å². The largest absolute Gasteiger partial charge is 0.493 e. The Kier molecular flexibility index (Phi) is 9.28. The molecule has 1 unspecified atom stereocenters. The number of benzene rings is 2. The zero-order valence-corrected chi connectivity index (χ0v) is 25.4. The van der Waals surface area contributed by atoms with Crippen LogP contribution >= 0.6 is 0 Å². The highest BCUT2D eigenvalue weighted by molar-refractivity contribution is 6.14. The van der Waals surface area contributed by atoms with Crippen molar-refractivity contribution in [2.45, 2.75) is 58.6 Å². The summed E-state index contributed by atoms with van der Waals surface area (Å²) in [7, 11) is 4.75. The number of hydrogen-bond acceptors (Lipinski definition) is 7. The third-order valence-electron chi connectivity index (χ3n) is 7.37. The molecule has 0 spiro atoms. The molecule has 11 heteroatoms. The van der Waals surface area contributed by atoms with E-state index in [1.165, 1.54) is 5.01 Å². The Morgan fingerprint density at radius 2 is 1.60 bits per heavy atom. The predicted molar refractivity (Wildman–Crippen MR) is 160 cm³/mol. The standard InChI is InChI=1S/C31H41N5O6/c1-19-16-22-17-25(40-6)26(41-7)18-24(22)27(34-36(19)29(38)32-5)20-8-10-23(11-9-20)33-28(37)21-12-14-35(15-13-21)30(39)42-31(2,3)4/h8-11,17-19,21H,12-16H2,1-7H3,(H,32,38)(H,33,37). The smallest absolute Gasteiger partial charge is 0.410 e. The molecule has 0 bridgehead atoms. The van der Waals surface area contributed by atoms with Crippen molar-refractivity contribution >= 4 is 29.4 Å². The van der Waals surface area contributed by atoms with Gasteiger partial charge >= 0.3 is 12.1 Å². The molecule has 2 aromatic carbocycles. The molecule has 0 aliphatic carbocycles. The minimum absolute atomic E-state index is 0.0832. The van der Waals surface area contributed by atoms with Crippen LogP contribution in [0.3, 0.4) is 0 Å². The van der Waals surface area contributed by atoms with Gasteiger partial charge in [0.05, 0.1) is 26.0 Å². The van der Waals surface area contributed by atoms with Gasteiger partial charge in [0.2, 0.25) is 5.91 Å². The van der Waals surface area contributed by atoms with E-state index >= 15 is 0 Å². The number of urea groups is 1. The summed E-state index contributed by atoms with van der Waals surface area (Å²) < 4.78 is 16.5. The third kappa shape index (κ3) is 6.95. The van der Waals surface area contributed by atoms with E-state index in [0.717, 1.165) is 16.7 Å². The highest BCUT2D eigenvalue weighted by atomic mass is 16.6. The summed E-state index contributed by atoms with van der Waals surface area (Å²) in [6.07, 6.45) is 1.35. The Labute approximate surface area is 247 Å². The van der Waals surface area contributed by atoms with Crippen LogP contribution in [0.25, 0.3) is 0 Å². The monoisotopic (exact) mass is 579 g/mol. The maximum atomic E-state index is 13.0. The molecule has 4 amide bonds. The average molecular weight is 580 g/mol. The van der Waals surface area contributed by atoms with Gasteiger partial charge in [0.25, 0.3) is 0 Å². The molecular weight excluding hydrogens is 538 g/mol. The third-order valence-corrected chi connectivity index (χ3v) is 7.37. The van der Waals surface area contributed by atoms with Crippen molar-refractivity contribution in [1.29, 1.82) is 0 Å². The van der Waals surface area contributed by atoms with Crippen molar-refractivity contribution in [2.24, 2.45) is 11.0 Å². The zero-order valence-electron chi connectivity index (χ0n) is 25.4. The van der Waals surface area contributed by atoms with E-state index in [2.05, 4.69) is 10.6 Å². The highest BCUT2D eigenvalue weighted by Gasteiger charge is 2.31. The van der Waals surface area contributed by atoms with Crippen LogP contribution in [-0.2, 0) is 16.0 Å². The molecule has 1 atom stereocenters. The zero-order chi connectivity index (χ0) is 30.6. The molecule has 2 aliphatic heterocycles. The van der Waals surface area contributed by atoms with Crippen LogP contribution in [-0.4, -0.2) is 79.7 Å². The van der Waals surface area contributed by atoms with E-state index < -0.39 is 5.60 Å². The normalized spacial score (nSPS) is 17.4. The Balaban J connectivity index is 1.52. The summed E-state index contributed by atoms with van der Waals surface area (Å²) >= 11 is 0. The second kappa shape index (κ2) is 12.7. The van der Waals surface area contributed by atoms with Crippen LogP contribution in [0.1, 0.15) is 57.2 Å². The first-order valence-electron chi connectivity index (χ1n) is 14.2. The second-order valence-corrected chi connectivity index (χ2v) is 11.6. The molecule has 0 saturated carbocycles. The lowest BCUT2D eigenvalue weighted by Crippen LogP contribution is -2.43. The van der Waals surface area contributed by atoms with Gasteiger partial charge in [-0.15, -0.1) is 0 Å². The van der Waals surface area contributed by atoms with Gasteiger partial charge in [0, 0.05) is 42.9 Å². The van der Waals surface area contributed by atoms with E-state index in [9.17, 15) is 14.4 Å². The lowest BCUT2D eigenvalue weighted by Gasteiger charge is -2.32. The first-order valence-corrected chi connectivity index (χ1v) is 14.2. The average Bonchev–Trinajstić information content (AvgIpc) is 3.11. The van der Waals surface area contributed by atoms with Gasteiger partial charge in [0.15, 0.2) is 11.5 Å². The molecule has 0 radical (unpaired) electrons. The maximum Gasteiger partial charge on any atom is 0.410 e. The Morgan fingerprint density at radius 1 is 0.976 bits per heavy atom. The molecule has 2 N–H and O–H groups in total. The van der Waals surface area contributed by atoms with Gasteiger partial charge in [-0.2, -0.15) is 5.10 Å². The second-order valence-electron chi connectivity index (χ2n) is 11.6. The van der Waals surface area contributed by atoms with Crippen LogP contribution in [0.15, 0.2) is 41.5 Å². The summed E-state index contributed by atoms with van der Waals surface area (Å²) in [5, 5.41) is 11.9. The van der Waals surface area contributed by atoms with Gasteiger partial charge in [0.1, 0.15) is 5.60 Å². The lowest BCUT2D eigenvalue weighted by atomic mass is 9.93.